The van der Waals surface area contributed by atoms with E-state index in [9.17, 15) is 9.59 Å². The van der Waals surface area contributed by atoms with Crippen LogP contribution >= 0.6 is 0 Å². The molecule has 0 aliphatic heterocycles. The van der Waals surface area contributed by atoms with Gasteiger partial charge in [-0.25, -0.2) is 0 Å². The van der Waals surface area contributed by atoms with Crippen LogP contribution in [-0.4, -0.2) is 29.9 Å². The van der Waals surface area contributed by atoms with Gasteiger partial charge >= 0.3 is 0 Å². The highest BCUT2D eigenvalue weighted by molar-refractivity contribution is 5.94. The molecule has 2 N–H and O–H groups in total. The van der Waals surface area contributed by atoms with E-state index in [-0.39, 0.29) is 17.7 Å². The van der Waals surface area contributed by atoms with Gasteiger partial charge in [0, 0.05) is 30.8 Å². The molecule has 3 rings (SSSR count). The number of hydrogen-bond donors (Lipinski definition) is 2. The van der Waals surface area contributed by atoms with Gasteiger partial charge < -0.3 is 15.4 Å². The summed E-state index contributed by atoms with van der Waals surface area (Å²) in [5, 5.41) is 5.59. The largest absolute Gasteiger partial charge is 0.456 e. The van der Waals surface area contributed by atoms with E-state index in [1.807, 2.05) is 6.07 Å². The molecule has 1 aromatic carbocycles. The molecule has 1 aromatic heterocycles. The van der Waals surface area contributed by atoms with Crippen LogP contribution in [0.2, 0.25) is 0 Å². The minimum atomic E-state index is -0.177. The van der Waals surface area contributed by atoms with Gasteiger partial charge in [0.2, 0.25) is 5.91 Å². The Balaban J connectivity index is 1.44. The highest BCUT2D eigenvalue weighted by Gasteiger charge is 2.28. The zero-order valence-electron chi connectivity index (χ0n) is 13.2. The van der Waals surface area contributed by atoms with E-state index in [0.717, 1.165) is 12.8 Å². The number of pyridine rings is 1. The number of ether oxygens (including phenoxy) is 1. The Kier molecular flexibility index (Phi) is 5.05. The van der Waals surface area contributed by atoms with Crippen LogP contribution in [0, 0.1) is 5.92 Å². The summed E-state index contributed by atoms with van der Waals surface area (Å²) in [6.45, 7) is 0.856. The second-order valence-corrected chi connectivity index (χ2v) is 5.64. The van der Waals surface area contributed by atoms with Crippen LogP contribution < -0.4 is 15.4 Å². The Morgan fingerprint density at radius 1 is 1.04 bits per heavy atom. The average molecular weight is 325 g/mol. The molecule has 1 aliphatic carbocycles. The van der Waals surface area contributed by atoms with Crippen molar-refractivity contribution in [1.29, 1.82) is 0 Å². The normalized spacial score (nSPS) is 13.2. The molecule has 2 amide bonds. The second-order valence-electron chi connectivity index (χ2n) is 5.64. The highest BCUT2D eigenvalue weighted by atomic mass is 16.5. The van der Waals surface area contributed by atoms with E-state index in [1.54, 1.807) is 42.7 Å². The molecule has 124 valence electrons. The predicted molar refractivity (Wildman–Crippen MR) is 88.8 cm³/mol. The first-order chi connectivity index (χ1) is 11.7. The van der Waals surface area contributed by atoms with Crippen molar-refractivity contribution in [1.82, 2.24) is 15.6 Å². The molecular weight excluding hydrogens is 306 g/mol. The molecule has 0 unspecified atom stereocenters. The van der Waals surface area contributed by atoms with E-state index in [1.165, 1.54) is 0 Å². The SMILES string of the molecule is O=C(NCCNC(=O)C1CC1)c1ccc(Oc2cccnc2)cc1. The number of nitrogens with one attached hydrogen (secondary N) is 2. The highest BCUT2D eigenvalue weighted by Crippen LogP contribution is 2.28. The Morgan fingerprint density at radius 2 is 1.79 bits per heavy atom. The minimum absolute atomic E-state index is 0.0844. The Morgan fingerprint density at radius 3 is 2.46 bits per heavy atom. The van der Waals surface area contributed by atoms with Crippen LogP contribution in [0.5, 0.6) is 11.5 Å². The van der Waals surface area contributed by atoms with Crippen molar-refractivity contribution in [2.75, 3.05) is 13.1 Å². The summed E-state index contributed by atoms with van der Waals surface area (Å²) < 4.78 is 5.62. The number of carbonyl (C=O) groups excluding carboxylic acids is 2. The van der Waals surface area contributed by atoms with Crippen LogP contribution in [0.1, 0.15) is 23.2 Å². The van der Waals surface area contributed by atoms with Gasteiger partial charge in [-0.2, -0.15) is 0 Å². The van der Waals surface area contributed by atoms with Crippen LogP contribution in [0.25, 0.3) is 0 Å². The molecule has 6 heteroatoms. The standard InChI is InChI=1S/C18H19N3O3/c22-17(13-3-4-13)20-10-11-21-18(23)14-5-7-15(8-6-14)24-16-2-1-9-19-12-16/h1-2,5-9,12-13H,3-4,10-11H2,(H,20,22)(H,21,23). The van der Waals surface area contributed by atoms with Gasteiger partial charge in [-0.15, -0.1) is 0 Å². The smallest absolute Gasteiger partial charge is 0.251 e. The molecule has 1 saturated carbocycles. The molecule has 0 bridgehead atoms. The Labute approximate surface area is 140 Å². The third-order valence-corrected chi connectivity index (χ3v) is 3.64. The van der Waals surface area contributed by atoms with Gasteiger partial charge in [-0.3, -0.25) is 14.6 Å². The number of aromatic nitrogens is 1. The van der Waals surface area contributed by atoms with Crippen LogP contribution in [0.4, 0.5) is 0 Å². The van der Waals surface area contributed by atoms with Crippen molar-refractivity contribution in [2.24, 2.45) is 5.92 Å². The average Bonchev–Trinajstić information content (AvgIpc) is 3.45. The van der Waals surface area contributed by atoms with Gasteiger partial charge in [0.25, 0.3) is 5.91 Å². The van der Waals surface area contributed by atoms with E-state index < -0.39 is 0 Å². The molecular formula is C18H19N3O3. The van der Waals surface area contributed by atoms with E-state index in [2.05, 4.69) is 15.6 Å². The fraction of sp³-hybridized carbons (Fsp3) is 0.278. The lowest BCUT2D eigenvalue weighted by Crippen LogP contribution is -2.35. The number of nitrogens with zero attached hydrogens (tertiary/aromatic N) is 1. The van der Waals surface area contributed by atoms with Gasteiger partial charge in [-0.1, -0.05) is 0 Å². The lowest BCUT2D eigenvalue weighted by Gasteiger charge is -2.08. The van der Waals surface area contributed by atoms with Crippen molar-refractivity contribution < 1.29 is 14.3 Å². The Hall–Kier alpha value is -2.89. The molecule has 1 aliphatic rings. The molecule has 1 fully saturated rings. The fourth-order valence-electron chi connectivity index (χ4n) is 2.17. The number of rotatable bonds is 7. The lowest BCUT2D eigenvalue weighted by molar-refractivity contribution is -0.122. The molecule has 24 heavy (non-hydrogen) atoms. The summed E-state index contributed by atoms with van der Waals surface area (Å²) >= 11 is 0. The maximum atomic E-state index is 12.0. The number of amides is 2. The van der Waals surface area contributed by atoms with Crippen molar-refractivity contribution in [2.45, 2.75) is 12.8 Å². The predicted octanol–water partition coefficient (Wildman–Crippen LogP) is 2.13. The van der Waals surface area contributed by atoms with Gasteiger partial charge in [0.1, 0.15) is 11.5 Å². The fourth-order valence-corrected chi connectivity index (χ4v) is 2.17. The van der Waals surface area contributed by atoms with Crippen LogP contribution in [0.3, 0.4) is 0 Å². The van der Waals surface area contributed by atoms with Gasteiger partial charge in [0.05, 0.1) is 6.20 Å². The topological polar surface area (TPSA) is 80.3 Å². The zero-order valence-corrected chi connectivity index (χ0v) is 13.2. The molecule has 0 atom stereocenters. The molecule has 0 spiro atoms. The van der Waals surface area contributed by atoms with E-state index in [0.29, 0.717) is 30.2 Å². The first-order valence-electron chi connectivity index (χ1n) is 7.96. The zero-order chi connectivity index (χ0) is 16.8. The first kappa shape index (κ1) is 16.0. The van der Waals surface area contributed by atoms with Crippen molar-refractivity contribution in [3.05, 3.63) is 54.4 Å². The van der Waals surface area contributed by atoms with Gasteiger partial charge in [0.15, 0.2) is 0 Å². The van der Waals surface area contributed by atoms with Crippen molar-refractivity contribution in [3.63, 3.8) is 0 Å². The lowest BCUT2D eigenvalue weighted by atomic mass is 10.2. The summed E-state index contributed by atoms with van der Waals surface area (Å²) in [5.41, 5.74) is 0.544. The Bertz CT molecular complexity index is 697. The first-order valence-corrected chi connectivity index (χ1v) is 7.96. The minimum Gasteiger partial charge on any atom is -0.456 e. The van der Waals surface area contributed by atoms with Crippen molar-refractivity contribution in [3.8, 4) is 11.5 Å². The third-order valence-electron chi connectivity index (χ3n) is 3.64. The van der Waals surface area contributed by atoms with Crippen LogP contribution in [-0.2, 0) is 4.79 Å². The van der Waals surface area contributed by atoms with Gasteiger partial charge in [-0.05, 0) is 49.2 Å². The molecule has 6 nitrogen and oxygen atoms in total. The maximum Gasteiger partial charge on any atom is 0.251 e. The number of hydrogen-bond acceptors (Lipinski definition) is 4. The van der Waals surface area contributed by atoms with Crippen molar-refractivity contribution >= 4 is 11.8 Å². The van der Waals surface area contributed by atoms with E-state index >= 15 is 0 Å². The second kappa shape index (κ2) is 7.59. The number of carbonyl (C=O) groups is 2. The van der Waals surface area contributed by atoms with E-state index in [4.69, 9.17) is 4.74 Å². The monoisotopic (exact) mass is 325 g/mol. The molecule has 2 aromatic rings. The summed E-state index contributed by atoms with van der Waals surface area (Å²) in [7, 11) is 0. The summed E-state index contributed by atoms with van der Waals surface area (Å²) in [6, 6.07) is 10.5. The maximum absolute atomic E-state index is 12.0. The number of benzene rings is 1. The quantitative estimate of drug-likeness (QED) is 0.764. The van der Waals surface area contributed by atoms with Crippen LogP contribution in [0.15, 0.2) is 48.8 Å². The summed E-state index contributed by atoms with van der Waals surface area (Å²) in [4.78, 5) is 27.5. The summed E-state index contributed by atoms with van der Waals surface area (Å²) in [6.07, 6.45) is 5.25. The molecule has 1 heterocycles. The summed E-state index contributed by atoms with van der Waals surface area (Å²) in [5.74, 6) is 1.37. The molecule has 0 radical (unpaired) electrons. The third kappa shape index (κ3) is 4.55. The molecule has 0 saturated heterocycles.